The molecule has 2 heteroatoms. The van der Waals surface area contributed by atoms with Gasteiger partial charge in [0.15, 0.2) is 0 Å². The Labute approximate surface area is 154 Å². The molecular weight excluding hydrogens is 308 g/mol. The predicted molar refractivity (Wildman–Crippen MR) is 107 cm³/mol. The summed E-state index contributed by atoms with van der Waals surface area (Å²) < 4.78 is 0. The van der Waals surface area contributed by atoms with Crippen LogP contribution in [0.1, 0.15) is 74.7 Å². The second kappa shape index (κ2) is 6.07. The van der Waals surface area contributed by atoms with Crippen LogP contribution < -0.4 is 0 Å². The van der Waals surface area contributed by atoms with Crippen LogP contribution in [-0.4, -0.2) is 10.2 Å². The molecular formula is C23H36O2. The molecule has 0 saturated heterocycles. The Morgan fingerprint density at radius 1 is 0.760 bits per heavy atom. The Bertz CT molecular complexity index is 603. The van der Waals surface area contributed by atoms with E-state index >= 15 is 0 Å². The van der Waals surface area contributed by atoms with E-state index < -0.39 is 0 Å². The standard InChI is InChI=1S/C23H36O2/c1-20(2,3)22(7)11-9-18(24)16(14-22)13-17-15-23(8,21(4,5)6)12-10-19(17)25/h9-12,24-25H,13-15H2,1-8H3. The third kappa shape index (κ3) is 3.73. The molecule has 0 heterocycles. The van der Waals surface area contributed by atoms with Gasteiger partial charge in [-0.25, -0.2) is 0 Å². The fraction of sp³-hybridized carbons (Fsp3) is 0.652. The summed E-state index contributed by atoms with van der Waals surface area (Å²) in [5.74, 6) is 0.739. The lowest BCUT2D eigenvalue weighted by atomic mass is 9.61. The zero-order valence-electron chi connectivity index (χ0n) is 17.3. The van der Waals surface area contributed by atoms with Crippen molar-refractivity contribution in [1.82, 2.24) is 0 Å². The van der Waals surface area contributed by atoms with Crippen molar-refractivity contribution in [2.24, 2.45) is 21.7 Å². The van der Waals surface area contributed by atoms with Gasteiger partial charge in [-0.3, -0.25) is 0 Å². The van der Waals surface area contributed by atoms with E-state index in [1.165, 1.54) is 0 Å². The minimum atomic E-state index is 0.00256. The van der Waals surface area contributed by atoms with Crippen LogP contribution in [0.2, 0.25) is 0 Å². The molecule has 0 fully saturated rings. The highest BCUT2D eigenvalue weighted by Crippen LogP contribution is 2.51. The lowest BCUT2D eigenvalue weighted by molar-refractivity contribution is 0.155. The molecule has 0 bridgehead atoms. The van der Waals surface area contributed by atoms with Crippen LogP contribution in [0.4, 0.5) is 0 Å². The number of hydrogen-bond acceptors (Lipinski definition) is 2. The van der Waals surface area contributed by atoms with Gasteiger partial charge in [-0.05, 0) is 64.2 Å². The average Bonchev–Trinajstić information content (AvgIpc) is 2.44. The van der Waals surface area contributed by atoms with E-state index in [-0.39, 0.29) is 21.7 Å². The van der Waals surface area contributed by atoms with E-state index in [1.807, 2.05) is 12.2 Å². The fourth-order valence-electron chi connectivity index (χ4n) is 3.54. The number of allylic oxidation sites excluding steroid dienone is 6. The first kappa shape index (κ1) is 19.9. The summed E-state index contributed by atoms with van der Waals surface area (Å²) in [6.45, 7) is 18.0. The van der Waals surface area contributed by atoms with E-state index in [0.29, 0.717) is 17.9 Å². The van der Waals surface area contributed by atoms with E-state index in [2.05, 4.69) is 67.5 Å². The molecule has 2 N–H and O–H groups in total. The van der Waals surface area contributed by atoms with Crippen molar-refractivity contribution >= 4 is 0 Å². The van der Waals surface area contributed by atoms with Crippen molar-refractivity contribution in [3.8, 4) is 0 Å². The maximum Gasteiger partial charge on any atom is 0.114 e. The van der Waals surface area contributed by atoms with Gasteiger partial charge in [-0.1, -0.05) is 67.5 Å². The fourth-order valence-corrected chi connectivity index (χ4v) is 3.54. The first-order chi connectivity index (χ1) is 11.2. The molecule has 0 radical (unpaired) electrons. The molecule has 0 spiro atoms. The van der Waals surface area contributed by atoms with Crippen LogP contribution in [0.15, 0.2) is 47.0 Å². The van der Waals surface area contributed by atoms with Crippen molar-refractivity contribution in [2.45, 2.75) is 74.7 Å². The minimum Gasteiger partial charge on any atom is -0.508 e. The van der Waals surface area contributed by atoms with E-state index in [4.69, 9.17) is 0 Å². The molecule has 0 aromatic rings. The molecule has 2 atom stereocenters. The smallest absolute Gasteiger partial charge is 0.114 e. The molecule has 0 saturated carbocycles. The molecule has 2 nitrogen and oxygen atoms in total. The Kier molecular flexibility index (Phi) is 4.83. The van der Waals surface area contributed by atoms with Gasteiger partial charge < -0.3 is 10.2 Å². The number of hydrogen-bond donors (Lipinski definition) is 2. The molecule has 2 aliphatic rings. The molecule has 2 unspecified atom stereocenters. The SMILES string of the molecule is CC(C)(C)C1(C)C=CC(O)=C(CC2=C(O)C=CC(C)(C(C)(C)C)C2)C1. The summed E-state index contributed by atoms with van der Waals surface area (Å²) in [5.41, 5.74) is 2.29. The monoisotopic (exact) mass is 344 g/mol. The van der Waals surface area contributed by atoms with Gasteiger partial charge in [0.1, 0.15) is 11.5 Å². The summed E-state index contributed by atoms with van der Waals surface area (Å²) in [6.07, 6.45) is 10.3. The Hall–Kier alpha value is -1.44. The van der Waals surface area contributed by atoms with Crippen molar-refractivity contribution in [1.29, 1.82) is 0 Å². The number of aliphatic hydroxyl groups excluding tert-OH is 2. The minimum absolute atomic E-state index is 0.00256. The van der Waals surface area contributed by atoms with Gasteiger partial charge in [0.05, 0.1) is 0 Å². The third-order valence-electron chi connectivity index (χ3n) is 6.96. The third-order valence-corrected chi connectivity index (χ3v) is 6.96. The molecule has 25 heavy (non-hydrogen) atoms. The maximum absolute atomic E-state index is 10.4. The summed E-state index contributed by atoms with van der Waals surface area (Å²) in [5, 5.41) is 20.9. The van der Waals surface area contributed by atoms with Crippen LogP contribution >= 0.6 is 0 Å². The zero-order chi connectivity index (χ0) is 19.3. The Morgan fingerprint density at radius 2 is 1.08 bits per heavy atom. The highest BCUT2D eigenvalue weighted by molar-refractivity contribution is 5.37. The van der Waals surface area contributed by atoms with Gasteiger partial charge in [0.2, 0.25) is 0 Å². The van der Waals surface area contributed by atoms with E-state index in [9.17, 15) is 10.2 Å². The van der Waals surface area contributed by atoms with Crippen LogP contribution in [0.3, 0.4) is 0 Å². The molecule has 2 aliphatic carbocycles. The quantitative estimate of drug-likeness (QED) is 0.564. The second-order valence-electron chi connectivity index (χ2n) is 10.5. The summed E-state index contributed by atoms with van der Waals surface area (Å²) in [4.78, 5) is 0. The first-order valence-corrected chi connectivity index (χ1v) is 9.39. The normalized spacial score (nSPS) is 31.0. The highest BCUT2D eigenvalue weighted by Gasteiger charge is 2.41. The lowest BCUT2D eigenvalue weighted by Crippen LogP contribution is -2.34. The van der Waals surface area contributed by atoms with E-state index in [0.717, 1.165) is 24.0 Å². The van der Waals surface area contributed by atoms with Crippen LogP contribution in [0.5, 0.6) is 0 Å². The summed E-state index contributed by atoms with van der Waals surface area (Å²) in [7, 11) is 0. The maximum atomic E-state index is 10.4. The van der Waals surface area contributed by atoms with Crippen molar-refractivity contribution in [3.63, 3.8) is 0 Å². The van der Waals surface area contributed by atoms with Crippen LogP contribution in [0.25, 0.3) is 0 Å². The average molecular weight is 345 g/mol. The van der Waals surface area contributed by atoms with Crippen LogP contribution in [0, 0.1) is 21.7 Å². The number of rotatable bonds is 2. The van der Waals surface area contributed by atoms with Gasteiger partial charge in [0.25, 0.3) is 0 Å². The largest absolute Gasteiger partial charge is 0.508 e. The highest BCUT2D eigenvalue weighted by atomic mass is 16.3. The number of aliphatic hydroxyl groups is 2. The van der Waals surface area contributed by atoms with Crippen molar-refractivity contribution in [3.05, 3.63) is 47.0 Å². The molecule has 0 aromatic carbocycles. The van der Waals surface area contributed by atoms with Gasteiger partial charge in [0, 0.05) is 0 Å². The molecule has 140 valence electrons. The van der Waals surface area contributed by atoms with Gasteiger partial charge in [-0.15, -0.1) is 0 Å². The lowest BCUT2D eigenvalue weighted by Gasteiger charge is -2.44. The van der Waals surface area contributed by atoms with Crippen molar-refractivity contribution in [2.75, 3.05) is 0 Å². The molecule has 0 aliphatic heterocycles. The topological polar surface area (TPSA) is 40.5 Å². The zero-order valence-corrected chi connectivity index (χ0v) is 17.3. The van der Waals surface area contributed by atoms with Gasteiger partial charge in [-0.2, -0.15) is 0 Å². The molecule has 0 aromatic heterocycles. The Morgan fingerprint density at radius 3 is 1.36 bits per heavy atom. The first-order valence-electron chi connectivity index (χ1n) is 9.39. The van der Waals surface area contributed by atoms with Gasteiger partial charge >= 0.3 is 0 Å². The second-order valence-corrected chi connectivity index (χ2v) is 10.5. The van der Waals surface area contributed by atoms with Crippen LogP contribution in [-0.2, 0) is 0 Å². The predicted octanol–water partition coefficient (Wildman–Crippen LogP) is 7.03. The van der Waals surface area contributed by atoms with Crippen molar-refractivity contribution < 1.29 is 10.2 Å². The Balaban J connectivity index is 2.30. The van der Waals surface area contributed by atoms with E-state index in [1.54, 1.807) is 0 Å². The molecule has 2 rings (SSSR count). The molecule has 0 amide bonds. The summed E-state index contributed by atoms with van der Waals surface area (Å²) in [6, 6.07) is 0. The summed E-state index contributed by atoms with van der Waals surface area (Å²) >= 11 is 0.